The first-order valence-corrected chi connectivity index (χ1v) is 5.14. The average molecular weight is 225 g/mol. The van der Waals surface area contributed by atoms with Crippen molar-refractivity contribution in [2.75, 3.05) is 7.11 Å². The van der Waals surface area contributed by atoms with E-state index in [2.05, 4.69) is 16.0 Å². The first-order chi connectivity index (χ1) is 8.35. The molecule has 0 aliphatic heterocycles. The van der Waals surface area contributed by atoms with Crippen LogP contribution in [0, 0.1) is 11.3 Å². The molecule has 0 spiro atoms. The maximum atomic E-state index is 9.25. The number of rotatable bonds is 3. The number of benzene rings is 1. The van der Waals surface area contributed by atoms with Crippen molar-refractivity contribution >= 4 is 0 Å². The lowest BCUT2D eigenvalue weighted by Gasteiger charge is -2.09. The Morgan fingerprint density at radius 2 is 2.24 bits per heavy atom. The molecule has 1 unspecified atom stereocenters. The molecule has 0 aliphatic carbocycles. The molecular weight excluding hydrogens is 214 g/mol. The van der Waals surface area contributed by atoms with Crippen LogP contribution < -0.4 is 4.74 Å². The first kappa shape index (κ1) is 11.1. The van der Waals surface area contributed by atoms with E-state index in [9.17, 15) is 5.26 Å². The molecule has 1 atom stereocenters. The molecule has 0 amide bonds. The van der Waals surface area contributed by atoms with E-state index >= 15 is 0 Å². The van der Waals surface area contributed by atoms with Gasteiger partial charge in [-0.1, -0.05) is 12.1 Å². The Morgan fingerprint density at radius 3 is 2.88 bits per heavy atom. The molecule has 0 bridgehead atoms. The maximum Gasteiger partial charge on any atom is 0.119 e. The van der Waals surface area contributed by atoms with E-state index in [0.717, 1.165) is 11.3 Å². The Morgan fingerprint density at radius 1 is 1.35 bits per heavy atom. The van der Waals surface area contributed by atoms with Crippen molar-refractivity contribution in [3.8, 4) is 11.8 Å². The second kappa shape index (κ2) is 5.08. The molecule has 0 radical (unpaired) electrons. The lowest BCUT2D eigenvalue weighted by atomic mass is 9.97. The molecule has 4 nitrogen and oxygen atoms in total. The predicted molar refractivity (Wildman–Crippen MR) is 62.5 cm³/mol. The Hall–Kier alpha value is -2.41. The summed E-state index contributed by atoms with van der Waals surface area (Å²) < 4.78 is 5.14. The van der Waals surface area contributed by atoms with E-state index in [1.165, 1.54) is 6.33 Å². The molecular formula is C13H11N3O. The van der Waals surface area contributed by atoms with Crippen LogP contribution in [0.1, 0.15) is 17.2 Å². The standard InChI is InChI=1S/C13H11N3O/c1-17-11-4-2-3-10(7-11)12(8-14)13-5-6-15-9-16-13/h2-7,9,12H,1H3. The molecule has 1 aromatic heterocycles. The van der Waals surface area contributed by atoms with Crippen molar-refractivity contribution in [3.05, 3.63) is 54.1 Å². The summed E-state index contributed by atoms with van der Waals surface area (Å²) >= 11 is 0. The summed E-state index contributed by atoms with van der Waals surface area (Å²) in [4.78, 5) is 7.95. The summed E-state index contributed by atoms with van der Waals surface area (Å²) in [5, 5.41) is 9.25. The lowest BCUT2D eigenvalue weighted by molar-refractivity contribution is 0.414. The quantitative estimate of drug-likeness (QED) is 0.803. The van der Waals surface area contributed by atoms with Gasteiger partial charge in [-0.05, 0) is 23.8 Å². The average Bonchev–Trinajstić information content (AvgIpc) is 2.41. The Bertz CT molecular complexity index is 534. The van der Waals surface area contributed by atoms with Crippen molar-refractivity contribution < 1.29 is 4.74 Å². The fourth-order valence-electron chi connectivity index (χ4n) is 1.60. The molecule has 0 fully saturated rings. The van der Waals surface area contributed by atoms with Crippen LogP contribution in [0.2, 0.25) is 0 Å². The van der Waals surface area contributed by atoms with Gasteiger partial charge < -0.3 is 4.74 Å². The third kappa shape index (κ3) is 2.40. The van der Waals surface area contributed by atoms with Crippen LogP contribution in [0.15, 0.2) is 42.9 Å². The molecule has 0 aliphatic rings. The van der Waals surface area contributed by atoms with Crippen LogP contribution in [-0.2, 0) is 0 Å². The minimum atomic E-state index is -0.395. The van der Waals surface area contributed by atoms with Crippen molar-refractivity contribution in [2.24, 2.45) is 0 Å². The number of aromatic nitrogens is 2. The summed E-state index contributed by atoms with van der Waals surface area (Å²) in [6, 6.07) is 11.4. The van der Waals surface area contributed by atoms with Gasteiger partial charge >= 0.3 is 0 Å². The summed E-state index contributed by atoms with van der Waals surface area (Å²) in [6.45, 7) is 0. The van der Waals surface area contributed by atoms with E-state index < -0.39 is 5.92 Å². The summed E-state index contributed by atoms with van der Waals surface area (Å²) in [7, 11) is 1.60. The van der Waals surface area contributed by atoms with Crippen LogP contribution >= 0.6 is 0 Å². The van der Waals surface area contributed by atoms with Gasteiger partial charge in [0.05, 0.1) is 18.9 Å². The van der Waals surface area contributed by atoms with Crippen LogP contribution in [0.4, 0.5) is 0 Å². The van der Waals surface area contributed by atoms with Gasteiger partial charge in [-0.25, -0.2) is 9.97 Å². The van der Waals surface area contributed by atoms with Gasteiger partial charge in [0.1, 0.15) is 18.0 Å². The summed E-state index contributed by atoms with van der Waals surface area (Å²) in [5.74, 6) is 0.338. The predicted octanol–water partition coefficient (Wildman–Crippen LogP) is 2.14. The van der Waals surface area contributed by atoms with Crippen molar-refractivity contribution in [1.82, 2.24) is 9.97 Å². The van der Waals surface area contributed by atoms with Gasteiger partial charge in [-0.3, -0.25) is 0 Å². The van der Waals surface area contributed by atoms with Crippen LogP contribution in [0.25, 0.3) is 0 Å². The SMILES string of the molecule is COc1cccc(C(C#N)c2ccncn2)c1. The normalized spacial score (nSPS) is 11.5. The largest absolute Gasteiger partial charge is 0.497 e. The second-order valence-corrected chi connectivity index (χ2v) is 3.47. The molecule has 84 valence electrons. The van der Waals surface area contributed by atoms with E-state index in [1.54, 1.807) is 19.4 Å². The molecule has 0 N–H and O–H groups in total. The minimum absolute atomic E-state index is 0.395. The van der Waals surface area contributed by atoms with Crippen molar-refractivity contribution in [2.45, 2.75) is 5.92 Å². The molecule has 0 saturated carbocycles. The number of hydrogen-bond acceptors (Lipinski definition) is 4. The molecule has 1 aromatic carbocycles. The molecule has 4 heteroatoms. The fourth-order valence-corrected chi connectivity index (χ4v) is 1.60. The number of methoxy groups -OCH3 is 1. The monoisotopic (exact) mass is 225 g/mol. The highest BCUT2D eigenvalue weighted by Gasteiger charge is 2.14. The van der Waals surface area contributed by atoms with Crippen LogP contribution in [-0.4, -0.2) is 17.1 Å². The summed E-state index contributed by atoms with van der Waals surface area (Å²) in [6.07, 6.45) is 3.08. The zero-order valence-electron chi connectivity index (χ0n) is 9.37. The summed E-state index contributed by atoms with van der Waals surface area (Å²) in [5.41, 5.74) is 1.56. The van der Waals surface area contributed by atoms with E-state index in [1.807, 2.05) is 24.3 Å². The third-order valence-corrected chi connectivity index (χ3v) is 2.46. The fraction of sp³-hybridized carbons (Fsp3) is 0.154. The third-order valence-electron chi connectivity index (χ3n) is 2.46. The van der Waals surface area contributed by atoms with Gasteiger partial charge in [-0.2, -0.15) is 5.26 Å². The first-order valence-electron chi connectivity index (χ1n) is 5.14. The highest BCUT2D eigenvalue weighted by atomic mass is 16.5. The zero-order valence-corrected chi connectivity index (χ0v) is 9.37. The Kier molecular flexibility index (Phi) is 3.31. The number of ether oxygens (including phenoxy) is 1. The molecule has 2 aromatic rings. The van der Waals surface area contributed by atoms with E-state index in [4.69, 9.17) is 4.74 Å². The van der Waals surface area contributed by atoms with E-state index in [0.29, 0.717) is 5.69 Å². The number of nitriles is 1. The maximum absolute atomic E-state index is 9.25. The van der Waals surface area contributed by atoms with Gasteiger partial charge in [0.25, 0.3) is 0 Å². The minimum Gasteiger partial charge on any atom is -0.497 e. The van der Waals surface area contributed by atoms with Crippen LogP contribution in [0.3, 0.4) is 0 Å². The highest BCUT2D eigenvalue weighted by molar-refractivity contribution is 5.38. The zero-order chi connectivity index (χ0) is 12.1. The smallest absolute Gasteiger partial charge is 0.119 e. The number of nitrogens with zero attached hydrogens (tertiary/aromatic N) is 3. The van der Waals surface area contributed by atoms with Gasteiger partial charge in [-0.15, -0.1) is 0 Å². The molecule has 1 heterocycles. The second-order valence-electron chi connectivity index (χ2n) is 3.47. The molecule has 2 rings (SSSR count). The molecule has 17 heavy (non-hydrogen) atoms. The molecule has 0 saturated heterocycles. The van der Waals surface area contributed by atoms with Gasteiger partial charge in [0.2, 0.25) is 0 Å². The van der Waals surface area contributed by atoms with Gasteiger partial charge in [0.15, 0.2) is 0 Å². The lowest BCUT2D eigenvalue weighted by Crippen LogP contribution is -2.01. The Labute approximate surface area is 99.5 Å². The topological polar surface area (TPSA) is 58.8 Å². The van der Waals surface area contributed by atoms with Gasteiger partial charge in [0, 0.05) is 6.20 Å². The van der Waals surface area contributed by atoms with E-state index in [-0.39, 0.29) is 0 Å². The van der Waals surface area contributed by atoms with Crippen molar-refractivity contribution in [3.63, 3.8) is 0 Å². The van der Waals surface area contributed by atoms with Crippen LogP contribution in [0.5, 0.6) is 5.75 Å². The highest BCUT2D eigenvalue weighted by Crippen LogP contribution is 2.24. The number of hydrogen-bond donors (Lipinski definition) is 0. The Balaban J connectivity index is 2.40. The van der Waals surface area contributed by atoms with Crippen molar-refractivity contribution in [1.29, 1.82) is 5.26 Å².